The summed E-state index contributed by atoms with van der Waals surface area (Å²) < 4.78 is 0.289. The van der Waals surface area contributed by atoms with Gasteiger partial charge < -0.3 is 0 Å². The highest BCUT2D eigenvalue weighted by atomic mass is 32.1. The second kappa shape index (κ2) is 5.61. The predicted octanol–water partition coefficient (Wildman–Crippen LogP) is 4.94. The van der Waals surface area contributed by atoms with Crippen LogP contribution in [-0.4, -0.2) is 4.75 Å². The van der Waals surface area contributed by atoms with E-state index in [1.54, 1.807) is 0 Å². The van der Waals surface area contributed by atoms with Crippen LogP contribution in [0.3, 0.4) is 0 Å². The smallest absolute Gasteiger partial charge is 0.0150 e. The van der Waals surface area contributed by atoms with Crippen LogP contribution in [0.5, 0.6) is 0 Å². The minimum Gasteiger partial charge on any atom is -0.172 e. The molecule has 1 heteroatoms. The molecule has 1 saturated carbocycles. The molecular weight excluding hydrogens is 200 g/mol. The summed E-state index contributed by atoms with van der Waals surface area (Å²) in [5.74, 6) is 2.77. The largest absolute Gasteiger partial charge is 0.172 e. The van der Waals surface area contributed by atoms with Gasteiger partial charge in [-0.25, -0.2) is 0 Å². The average molecular weight is 228 g/mol. The van der Waals surface area contributed by atoms with Crippen molar-refractivity contribution in [1.82, 2.24) is 0 Å². The van der Waals surface area contributed by atoms with Gasteiger partial charge in [0.2, 0.25) is 0 Å². The molecule has 0 heterocycles. The molecule has 1 rings (SSSR count). The standard InChI is InChI=1S/C14H28S/c1-5-12-9-13(10-12)7-8-14(15,6-2)11(3)4/h11-13,15H,5-10H2,1-4H3. The first kappa shape index (κ1) is 13.4. The van der Waals surface area contributed by atoms with Crippen LogP contribution in [0, 0.1) is 17.8 Å². The van der Waals surface area contributed by atoms with Crippen LogP contribution in [0.2, 0.25) is 0 Å². The lowest BCUT2D eigenvalue weighted by atomic mass is 9.70. The van der Waals surface area contributed by atoms with Gasteiger partial charge in [0, 0.05) is 4.75 Å². The van der Waals surface area contributed by atoms with Crippen molar-refractivity contribution in [3.8, 4) is 0 Å². The summed E-state index contributed by atoms with van der Waals surface area (Å²) in [6.45, 7) is 9.23. The topological polar surface area (TPSA) is 0 Å². The summed E-state index contributed by atoms with van der Waals surface area (Å²) in [6.07, 6.45) is 8.29. The summed E-state index contributed by atoms with van der Waals surface area (Å²) in [4.78, 5) is 0. The molecule has 0 aliphatic heterocycles. The molecule has 0 amide bonds. The van der Waals surface area contributed by atoms with Crippen molar-refractivity contribution in [2.24, 2.45) is 17.8 Å². The van der Waals surface area contributed by atoms with E-state index in [0.29, 0.717) is 5.92 Å². The summed E-state index contributed by atoms with van der Waals surface area (Å²) in [6, 6.07) is 0. The minimum absolute atomic E-state index is 0.289. The average Bonchev–Trinajstić information content (AvgIpc) is 2.15. The van der Waals surface area contributed by atoms with Crippen LogP contribution in [-0.2, 0) is 0 Å². The molecule has 90 valence electrons. The first-order valence-corrected chi connectivity index (χ1v) is 7.19. The Labute approximate surface area is 102 Å². The van der Waals surface area contributed by atoms with E-state index in [1.165, 1.54) is 38.5 Å². The normalized spacial score (nSPS) is 30.0. The van der Waals surface area contributed by atoms with Crippen molar-refractivity contribution < 1.29 is 0 Å². The highest BCUT2D eigenvalue weighted by Crippen LogP contribution is 2.42. The minimum atomic E-state index is 0.289. The Balaban J connectivity index is 2.24. The van der Waals surface area contributed by atoms with Gasteiger partial charge in [0.05, 0.1) is 0 Å². The molecule has 0 bridgehead atoms. The van der Waals surface area contributed by atoms with Gasteiger partial charge in [-0.1, -0.05) is 34.1 Å². The van der Waals surface area contributed by atoms with Crippen LogP contribution in [0.15, 0.2) is 0 Å². The van der Waals surface area contributed by atoms with Crippen LogP contribution in [0.25, 0.3) is 0 Å². The van der Waals surface area contributed by atoms with Gasteiger partial charge in [0.1, 0.15) is 0 Å². The summed E-state index contributed by atoms with van der Waals surface area (Å²) in [5.41, 5.74) is 0. The van der Waals surface area contributed by atoms with Crippen LogP contribution < -0.4 is 0 Å². The second-order valence-corrected chi connectivity index (χ2v) is 6.65. The van der Waals surface area contributed by atoms with Gasteiger partial charge in [-0.2, -0.15) is 12.6 Å². The van der Waals surface area contributed by atoms with Crippen molar-refractivity contribution in [3.05, 3.63) is 0 Å². The summed E-state index contributed by atoms with van der Waals surface area (Å²) in [5, 5.41) is 0. The molecule has 0 aromatic carbocycles. The number of rotatable bonds is 6. The van der Waals surface area contributed by atoms with Gasteiger partial charge in [-0.15, -0.1) is 0 Å². The maximum Gasteiger partial charge on any atom is 0.0150 e. The number of hydrogen-bond acceptors (Lipinski definition) is 1. The van der Waals surface area contributed by atoms with Crippen molar-refractivity contribution in [1.29, 1.82) is 0 Å². The lowest BCUT2D eigenvalue weighted by Crippen LogP contribution is -2.31. The van der Waals surface area contributed by atoms with E-state index in [-0.39, 0.29) is 4.75 Å². The van der Waals surface area contributed by atoms with Gasteiger partial charge in [0.15, 0.2) is 0 Å². The van der Waals surface area contributed by atoms with Crippen LogP contribution >= 0.6 is 12.6 Å². The van der Waals surface area contributed by atoms with Gasteiger partial charge in [0.25, 0.3) is 0 Å². The molecule has 1 atom stereocenters. The SMILES string of the molecule is CCC1CC(CCC(S)(CC)C(C)C)C1. The van der Waals surface area contributed by atoms with E-state index in [9.17, 15) is 0 Å². The third-order valence-electron chi connectivity index (χ3n) is 4.58. The molecule has 1 fully saturated rings. The van der Waals surface area contributed by atoms with Gasteiger partial charge in [-0.05, 0) is 49.9 Å². The summed E-state index contributed by atoms with van der Waals surface area (Å²) >= 11 is 4.90. The fraction of sp³-hybridized carbons (Fsp3) is 1.00. The highest BCUT2D eigenvalue weighted by Gasteiger charge is 2.32. The Bertz CT molecular complexity index is 182. The Hall–Kier alpha value is 0.350. The molecule has 0 radical (unpaired) electrons. The highest BCUT2D eigenvalue weighted by molar-refractivity contribution is 7.81. The zero-order chi connectivity index (χ0) is 11.5. The fourth-order valence-electron chi connectivity index (χ4n) is 2.77. The van der Waals surface area contributed by atoms with Gasteiger partial charge >= 0.3 is 0 Å². The lowest BCUT2D eigenvalue weighted by molar-refractivity contribution is 0.164. The molecule has 1 unspecified atom stereocenters. The molecule has 0 nitrogen and oxygen atoms in total. The van der Waals surface area contributed by atoms with Crippen LogP contribution in [0.1, 0.15) is 66.2 Å². The zero-order valence-electron chi connectivity index (χ0n) is 10.9. The third kappa shape index (κ3) is 3.41. The molecule has 1 aliphatic rings. The molecule has 0 N–H and O–H groups in total. The van der Waals surface area contributed by atoms with E-state index in [2.05, 4.69) is 27.7 Å². The molecule has 0 spiro atoms. The van der Waals surface area contributed by atoms with Crippen molar-refractivity contribution in [3.63, 3.8) is 0 Å². The molecule has 1 aliphatic carbocycles. The quantitative estimate of drug-likeness (QED) is 0.612. The van der Waals surface area contributed by atoms with E-state index >= 15 is 0 Å². The van der Waals surface area contributed by atoms with Gasteiger partial charge in [-0.3, -0.25) is 0 Å². The van der Waals surface area contributed by atoms with Crippen LogP contribution in [0.4, 0.5) is 0 Å². The Morgan fingerprint density at radius 3 is 2.20 bits per heavy atom. The Kier molecular flexibility index (Phi) is 5.02. The second-order valence-electron chi connectivity index (χ2n) is 5.76. The monoisotopic (exact) mass is 228 g/mol. The van der Waals surface area contributed by atoms with Crippen molar-refractivity contribution in [2.75, 3.05) is 0 Å². The Morgan fingerprint density at radius 1 is 1.20 bits per heavy atom. The molecular formula is C14H28S. The maximum atomic E-state index is 4.90. The number of hydrogen-bond donors (Lipinski definition) is 1. The maximum absolute atomic E-state index is 4.90. The first-order valence-electron chi connectivity index (χ1n) is 6.74. The van der Waals surface area contributed by atoms with E-state index in [0.717, 1.165) is 11.8 Å². The first-order chi connectivity index (χ1) is 7.01. The van der Waals surface area contributed by atoms with E-state index < -0.39 is 0 Å². The van der Waals surface area contributed by atoms with E-state index in [1.807, 2.05) is 0 Å². The molecule has 15 heavy (non-hydrogen) atoms. The zero-order valence-corrected chi connectivity index (χ0v) is 11.8. The molecule has 0 aromatic rings. The summed E-state index contributed by atoms with van der Waals surface area (Å²) in [7, 11) is 0. The van der Waals surface area contributed by atoms with E-state index in [4.69, 9.17) is 12.6 Å². The molecule has 0 saturated heterocycles. The molecule has 0 aromatic heterocycles. The fourth-order valence-corrected chi connectivity index (χ4v) is 2.90. The third-order valence-corrected chi connectivity index (χ3v) is 5.64. The predicted molar refractivity (Wildman–Crippen MR) is 72.6 cm³/mol. The van der Waals surface area contributed by atoms with Crippen molar-refractivity contribution >= 4 is 12.6 Å². The Morgan fingerprint density at radius 2 is 1.80 bits per heavy atom. The number of thiol groups is 1. The van der Waals surface area contributed by atoms with Crippen molar-refractivity contribution in [2.45, 2.75) is 71.0 Å². The lowest BCUT2D eigenvalue weighted by Gasteiger charge is -2.39.